The molecule has 0 aromatic carbocycles. The number of nitrogens with zero attached hydrogens (tertiary/aromatic N) is 1. The molecule has 0 aliphatic carbocycles. The number of aromatic nitrogens is 1. The van der Waals surface area contributed by atoms with Crippen molar-refractivity contribution in [2.75, 3.05) is 0 Å². The van der Waals surface area contributed by atoms with E-state index >= 15 is 0 Å². The van der Waals surface area contributed by atoms with Gasteiger partial charge in [0.2, 0.25) is 0 Å². The van der Waals surface area contributed by atoms with Crippen LogP contribution in [0, 0.1) is 0 Å². The van der Waals surface area contributed by atoms with Crippen molar-refractivity contribution in [1.82, 2.24) is 0 Å². The van der Waals surface area contributed by atoms with E-state index in [4.69, 9.17) is 0 Å². The Kier molecular flexibility index (Phi) is 11.1. The predicted molar refractivity (Wildman–Crippen MR) is 97.2 cm³/mol. The highest BCUT2D eigenvalue weighted by Gasteiger charge is 2.05. The van der Waals surface area contributed by atoms with Crippen LogP contribution in [0.5, 0.6) is 0 Å². The third-order valence-corrected chi connectivity index (χ3v) is 4.87. The molecule has 0 bridgehead atoms. The van der Waals surface area contributed by atoms with E-state index in [0.29, 0.717) is 5.92 Å². The Bertz CT molecular complexity index is 355. The number of unbranched alkanes of at least 4 members (excludes halogenated alkanes) is 9. The summed E-state index contributed by atoms with van der Waals surface area (Å²) < 4.78 is 2.34. The lowest BCUT2D eigenvalue weighted by atomic mass is 10.0. The Morgan fingerprint density at radius 2 is 1.27 bits per heavy atom. The predicted octanol–water partition coefficient (Wildman–Crippen LogP) is 6.41. The number of pyridine rings is 1. The second-order valence-electron chi connectivity index (χ2n) is 6.86. The highest BCUT2D eigenvalue weighted by atomic mass is 14.9. The molecule has 1 aromatic heterocycles. The summed E-state index contributed by atoms with van der Waals surface area (Å²) >= 11 is 0. The maximum absolute atomic E-state index is 2.34. The third kappa shape index (κ3) is 8.56. The van der Waals surface area contributed by atoms with E-state index in [2.05, 4.69) is 49.9 Å². The van der Waals surface area contributed by atoms with Gasteiger partial charge in [-0.1, -0.05) is 72.1 Å². The average molecular weight is 305 g/mol. The molecule has 0 aliphatic heterocycles. The highest BCUT2D eigenvalue weighted by molar-refractivity contribution is 5.12. The Balaban J connectivity index is 2.00. The fourth-order valence-electron chi connectivity index (χ4n) is 2.96. The van der Waals surface area contributed by atoms with Gasteiger partial charge < -0.3 is 0 Å². The van der Waals surface area contributed by atoms with E-state index < -0.39 is 0 Å². The fourth-order valence-corrected chi connectivity index (χ4v) is 2.96. The van der Waals surface area contributed by atoms with Crippen LogP contribution in [0.25, 0.3) is 0 Å². The van der Waals surface area contributed by atoms with Crippen LogP contribution in [0.1, 0.15) is 103 Å². The molecule has 0 radical (unpaired) electrons. The lowest BCUT2D eigenvalue weighted by Gasteiger charge is -2.07. The van der Waals surface area contributed by atoms with Gasteiger partial charge in [0.25, 0.3) is 0 Å². The molecule has 1 nitrogen and oxygen atoms in total. The zero-order valence-corrected chi connectivity index (χ0v) is 15.3. The molecular formula is C21H38N+. The van der Waals surface area contributed by atoms with Crippen LogP contribution in [0.2, 0.25) is 0 Å². The molecule has 1 atom stereocenters. The summed E-state index contributed by atoms with van der Waals surface area (Å²) in [7, 11) is 0. The van der Waals surface area contributed by atoms with Gasteiger partial charge in [0.15, 0.2) is 12.4 Å². The van der Waals surface area contributed by atoms with Gasteiger partial charge in [-0.15, -0.1) is 0 Å². The first-order chi connectivity index (χ1) is 10.8. The minimum atomic E-state index is 0.687. The molecule has 0 fully saturated rings. The number of hydrogen-bond acceptors (Lipinski definition) is 0. The smallest absolute Gasteiger partial charge is 0.169 e. The molecule has 1 heterocycles. The highest BCUT2D eigenvalue weighted by Crippen LogP contribution is 2.16. The topological polar surface area (TPSA) is 3.88 Å². The van der Waals surface area contributed by atoms with Gasteiger partial charge in [-0.25, -0.2) is 4.57 Å². The maximum atomic E-state index is 2.34. The van der Waals surface area contributed by atoms with Crippen LogP contribution in [-0.2, 0) is 6.54 Å². The minimum Gasteiger partial charge on any atom is -0.205 e. The summed E-state index contributed by atoms with van der Waals surface area (Å²) in [5.74, 6) is 0.687. The SMILES string of the molecule is CCCCCCCCCCCC[n+]1ccc(C(C)CC)cc1. The van der Waals surface area contributed by atoms with Crippen molar-refractivity contribution in [3.05, 3.63) is 30.1 Å². The zero-order chi connectivity index (χ0) is 16.0. The first-order valence-electron chi connectivity index (χ1n) is 9.77. The molecule has 1 rings (SSSR count). The summed E-state index contributed by atoms with van der Waals surface area (Å²) in [5, 5.41) is 0. The first-order valence-corrected chi connectivity index (χ1v) is 9.77. The largest absolute Gasteiger partial charge is 0.205 e. The molecule has 0 amide bonds. The monoisotopic (exact) mass is 304 g/mol. The van der Waals surface area contributed by atoms with Crippen LogP contribution >= 0.6 is 0 Å². The molecule has 1 heteroatoms. The Morgan fingerprint density at radius 3 is 1.77 bits per heavy atom. The lowest BCUT2D eigenvalue weighted by Crippen LogP contribution is -2.32. The van der Waals surface area contributed by atoms with Gasteiger partial charge in [0.1, 0.15) is 6.54 Å². The summed E-state index contributed by atoms with van der Waals surface area (Å²) in [6, 6.07) is 4.59. The molecule has 1 unspecified atom stereocenters. The summed E-state index contributed by atoms with van der Waals surface area (Å²) in [5.41, 5.74) is 1.47. The van der Waals surface area contributed by atoms with Gasteiger partial charge in [0, 0.05) is 18.6 Å². The van der Waals surface area contributed by atoms with Crippen molar-refractivity contribution in [3.63, 3.8) is 0 Å². The zero-order valence-electron chi connectivity index (χ0n) is 15.3. The Labute approximate surface area is 139 Å². The second-order valence-corrected chi connectivity index (χ2v) is 6.86. The van der Waals surface area contributed by atoms with Crippen LogP contribution in [0.15, 0.2) is 24.5 Å². The van der Waals surface area contributed by atoms with Crippen LogP contribution in [-0.4, -0.2) is 0 Å². The van der Waals surface area contributed by atoms with Gasteiger partial charge in [-0.2, -0.15) is 0 Å². The normalized spacial score (nSPS) is 12.5. The van der Waals surface area contributed by atoms with E-state index in [1.54, 1.807) is 0 Å². The number of aryl methyl sites for hydroxylation is 1. The van der Waals surface area contributed by atoms with Crippen LogP contribution in [0.3, 0.4) is 0 Å². The van der Waals surface area contributed by atoms with Gasteiger partial charge in [0.05, 0.1) is 0 Å². The molecule has 0 aliphatic rings. The van der Waals surface area contributed by atoms with Crippen molar-refractivity contribution in [2.45, 2.75) is 104 Å². The fraction of sp³-hybridized carbons (Fsp3) is 0.762. The van der Waals surface area contributed by atoms with Crippen molar-refractivity contribution in [3.8, 4) is 0 Å². The molecule has 0 saturated carbocycles. The quantitative estimate of drug-likeness (QED) is 0.293. The summed E-state index contributed by atoms with van der Waals surface area (Å²) in [6.45, 7) is 8.03. The van der Waals surface area contributed by atoms with E-state index in [1.807, 2.05) is 0 Å². The van der Waals surface area contributed by atoms with Crippen LogP contribution in [0.4, 0.5) is 0 Å². The maximum Gasteiger partial charge on any atom is 0.169 e. The second kappa shape index (κ2) is 12.7. The molecule has 0 saturated heterocycles. The van der Waals surface area contributed by atoms with Crippen molar-refractivity contribution >= 4 is 0 Å². The first kappa shape index (κ1) is 19.2. The van der Waals surface area contributed by atoms with Crippen molar-refractivity contribution in [2.24, 2.45) is 0 Å². The van der Waals surface area contributed by atoms with E-state index in [0.717, 1.165) is 0 Å². The Morgan fingerprint density at radius 1 is 0.773 bits per heavy atom. The Hall–Kier alpha value is -0.850. The molecular weight excluding hydrogens is 266 g/mol. The van der Waals surface area contributed by atoms with E-state index in [1.165, 1.54) is 82.7 Å². The number of hydrogen-bond donors (Lipinski definition) is 0. The molecule has 22 heavy (non-hydrogen) atoms. The van der Waals surface area contributed by atoms with Crippen LogP contribution < -0.4 is 4.57 Å². The molecule has 0 spiro atoms. The van der Waals surface area contributed by atoms with Crippen molar-refractivity contribution in [1.29, 1.82) is 0 Å². The summed E-state index contributed by atoms with van der Waals surface area (Å²) in [4.78, 5) is 0. The van der Waals surface area contributed by atoms with Gasteiger partial charge in [-0.05, 0) is 24.3 Å². The molecule has 1 aromatic rings. The number of rotatable bonds is 13. The van der Waals surface area contributed by atoms with E-state index in [-0.39, 0.29) is 0 Å². The summed E-state index contributed by atoms with van der Waals surface area (Å²) in [6.07, 6.45) is 19.9. The molecule has 0 N–H and O–H groups in total. The minimum absolute atomic E-state index is 0.687. The lowest BCUT2D eigenvalue weighted by molar-refractivity contribution is -0.697. The standard InChI is InChI=1S/C21H38N/c1-4-6-7-8-9-10-11-12-13-14-17-22-18-15-21(16-19-22)20(3)5-2/h15-16,18-20H,4-14,17H2,1-3H3/q+1. The molecule has 126 valence electrons. The average Bonchev–Trinajstić information content (AvgIpc) is 2.56. The third-order valence-electron chi connectivity index (χ3n) is 4.87. The van der Waals surface area contributed by atoms with E-state index in [9.17, 15) is 0 Å². The van der Waals surface area contributed by atoms with Gasteiger partial charge in [-0.3, -0.25) is 0 Å². The van der Waals surface area contributed by atoms with Gasteiger partial charge >= 0.3 is 0 Å². The van der Waals surface area contributed by atoms with Crippen molar-refractivity contribution < 1.29 is 4.57 Å².